The van der Waals surface area contributed by atoms with Crippen molar-refractivity contribution in [2.75, 3.05) is 5.01 Å². The predicted octanol–water partition coefficient (Wildman–Crippen LogP) is 4.81. The van der Waals surface area contributed by atoms with Crippen LogP contribution in [0, 0.1) is 12.9 Å². The summed E-state index contributed by atoms with van der Waals surface area (Å²) in [6.07, 6.45) is 2.02. The lowest BCUT2D eigenvalue weighted by atomic mass is 10.1. The summed E-state index contributed by atoms with van der Waals surface area (Å²) in [5.41, 5.74) is 0.388. The van der Waals surface area contributed by atoms with E-state index in [9.17, 15) is 14.0 Å². The van der Waals surface area contributed by atoms with Crippen molar-refractivity contribution in [1.29, 1.82) is 0 Å². The molecule has 11 heteroatoms. The normalized spacial score (nSPS) is 13.8. The fourth-order valence-electron chi connectivity index (χ4n) is 4.62. The van der Waals surface area contributed by atoms with Gasteiger partial charge in [-0.05, 0) is 36.6 Å². The molecule has 0 radical (unpaired) electrons. The number of pyridine rings is 1. The molecule has 1 aliphatic carbocycles. The highest BCUT2D eigenvalue weighted by Gasteiger charge is 2.54. The van der Waals surface area contributed by atoms with Crippen LogP contribution in [0.15, 0.2) is 77.4 Å². The summed E-state index contributed by atoms with van der Waals surface area (Å²) < 4.78 is 21.2. The number of fused-ring (bicyclic) bond motifs is 1. The van der Waals surface area contributed by atoms with Crippen LogP contribution in [0.4, 0.5) is 4.39 Å². The van der Waals surface area contributed by atoms with Crippen LogP contribution < -0.4 is 10.3 Å². The minimum atomic E-state index is -1.24. The summed E-state index contributed by atoms with van der Waals surface area (Å²) >= 11 is 6.87. The molecule has 1 N–H and O–H groups in total. The minimum absolute atomic E-state index is 0.150. The Morgan fingerprint density at radius 2 is 1.85 bits per heavy atom. The number of aromatic nitrogens is 4. The first-order valence-electron chi connectivity index (χ1n) is 12.3. The van der Waals surface area contributed by atoms with E-state index in [1.807, 2.05) is 54.6 Å². The van der Waals surface area contributed by atoms with E-state index >= 15 is 0 Å². The zero-order valence-electron chi connectivity index (χ0n) is 20.8. The van der Waals surface area contributed by atoms with Crippen LogP contribution in [0.2, 0.25) is 5.02 Å². The molecule has 1 saturated carbocycles. The van der Waals surface area contributed by atoms with Gasteiger partial charge in [-0.2, -0.15) is 9.37 Å². The lowest BCUT2D eigenvalue weighted by molar-refractivity contribution is -0.123. The van der Waals surface area contributed by atoms with Crippen molar-refractivity contribution in [3.8, 4) is 11.5 Å². The number of halogens is 2. The number of nitrogens with one attached hydrogen (secondary N) is 1. The molecule has 0 unspecified atom stereocenters. The number of amides is 2. The fourth-order valence-corrected chi connectivity index (χ4v) is 4.94. The van der Waals surface area contributed by atoms with Gasteiger partial charge in [-0.1, -0.05) is 65.3 Å². The van der Waals surface area contributed by atoms with Gasteiger partial charge >= 0.3 is 0 Å². The predicted molar refractivity (Wildman–Crippen MR) is 142 cm³/mol. The quantitative estimate of drug-likeness (QED) is 0.295. The van der Waals surface area contributed by atoms with Crippen molar-refractivity contribution >= 4 is 34.3 Å². The van der Waals surface area contributed by atoms with Gasteiger partial charge in [-0.3, -0.25) is 9.59 Å². The van der Waals surface area contributed by atoms with Crippen molar-refractivity contribution in [3.05, 3.63) is 101 Å². The number of rotatable bonds is 7. The highest BCUT2D eigenvalue weighted by molar-refractivity contribution is 6.38. The molecule has 1 fully saturated rings. The topological polar surface area (TPSA) is 106 Å². The summed E-state index contributed by atoms with van der Waals surface area (Å²) in [6, 6.07) is 19.6. The van der Waals surface area contributed by atoms with E-state index in [2.05, 4.69) is 20.4 Å². The third kappa shape index (κ3) is 4.42. The number of hydrogen-bond acceptors (Lipinski definition) is 6. The summed E-state index contributed by atoms with van der Waals surface area (Å²) in [7, 11) is 0. The van der Waals surface area contributed by atoms with Crippen molar-refractivity contribution in [3.63, 3.8) is 0 Å². The van der Waals surface area contributed by atoms with Gasteiger partial charge in [0, 0.05) is 18.5 Å². The van der Waals surface area contributed by atoms with E-state index in [4.69, 9.17) is 16.1 Å². The van der Waals surface area contributed by atoms with Crippen LogP contribution in [0.1, 0.15) is 34.7 Å². The van der Waals surface area contributed by atoms with E-state index < -0.39 is 17.4 Å². The smallest absolute Gasteiger partial charge is 0.267 e. The van der Waals surface area contributed by atoms with Crippen molar-refractivity contribution in [2.24, 2.45) is 0 Å². The number of hydrogen-bond donors (Lipinski definition) is 1. The average molecular weight is 545 g/mol. The summed E-state index contributed by atoms with van der Waals surface area (Å²) in [5.74, 6) is -1.45. The molecule has 0 aliphatic heterocycles. The molecule has 0 atom stereocenters. The van der Waals surface area contributed by atoms with Crippen LogP contribution in [0.3, 0.4) is 0 Å². The van der Waals surface area contributed by atoms with Gasteiger partial charge in [0.15, 0.2) is 0 Å². The van der Waals surface area contributed by atoms with Gasteiger partial charge in [0.05, 0.1) is 22.6 Å². The van der Waals surface area contributed by atoms with Gasteiger partial charge in [0.1, 0.15) is 11.2 Å². The number of para-hydroxylation sites is 1. The number of carbonyl (C=O) groups is 2. The first-order chi connectivity index (χ1) is 18.9. The molecule has 196 valence electrons. The Bertz CT molecular complexity index is 1710. The Kier molecular flexibility index (Phi) is 6.11. The Morgan fingerprint density at radius 1 is 1.10 bits per heavy atom. The second kappa shape index (κ2) is 9.63. The molecular formula is C28H22ClFN6O3. The fraction of sp³-hybridized carbons (Fsp3) is 0.179. The second-order valence-corrected chi connectivity index (χ2v) is 9.73. The lowest BCUT2D eigenvalue weighted by Crippen LogP contribution is -2.54. The van der Waals surface area contributed by atoms with Gasteiger partial charge in [-0.15, -0.1) is 0 Å². The SMILES string of the molecule is Cc1nc(-c2c(Cl)c3ccccc3n2N(Cc2ccccc2)C(=O)C2(NC(=O)c3cccnc3F)CC2)no1. The Labute approximate surface area is 227 Å². The zero-order chi connectivity index (χ0) is 27.1. The van der Waals surface area contributed by atoms with Crippen LogP contribution in [0.5, 0.6) is 0 Å². The molecule has 9 nitrogen and oxygen atoms in total. The van der Waals surface area contributed by atoms with E-state index in [0.717, 1.165) is 5.56 Å². The van der Waals surface area contributed by atoms with Gasteiger partial charge in [0.25, 0.3) is 11.8 Å². The minimum Gasteiger partial charge on any atom is -0.339 e. The van der Waals surface area contributed by atoms with E-state index in [0.29, 0.717) is 40.4 Å². The maximum Gasteiger partial charge on any atom is 0.267 e. The third-order valence-corrected chi connectivity index (χ3v) is 7.08. The van der Waals surface area contributed by atoms with Gasteiger partial charge < -0.3 is 9.84 Å². The van der Waals surface area contributed by atoms with Crippen molar-refractivity contribution < 1.29 is 18.5 Å². The van der Waals surface area contributed by atoms with E-state index in [1.54, 1.807) is 11.6 Å². The number of aryl methyl sites for hydroxylation is 1. The Balaban J connectivity index is 1.48. The molecule has 0 spiro atoms. The van der Waals surface area contributed by atoms with E-state index in [1.165, 1.54) is 23.3 Å². The second-order valence-electron chi connectivity index (χ2n) is 9.35. The monoisotopic (exact) mass is 544 g/mol. The van der Waals surface area contributed by atoms with Crippen LogP contribution in [0.25, 0.3) is 22.4 Å². The molecule has 1 aliphatic rings. The van der Waals surface area contributed by atoms with Gasteiger partial charge in [-0.25, -0.2) is 14.7 Å². The first kappa shape index (κ1) is 24.7. The molecule has 0 saturated heterocycles. The molecule has 3 aromatic heterocycles. The molecule has 2 aromatic carbocycles. The molecule has 5 aromatic rings. The molecule has 3 heterocycles. The average Bonchev–Trinajstić information content (AvgIpc) is 3.51. The number of nitrogens with zero attached hydrogens (tertiary/aromatic N) is 5. The Hall–Kier alpha value is -4.57. The van der Waals surface area contributed by atoms with Crippen molar-refractivity contribution in [1.82, 2.24) is 25.1 Å². The molecule has 6 rings (SSSR count). The van der Waals surface area contributed by atoms with Crippen LogP contribution in [-0.4, -0.2) is 37.2 Å². The molecule has 0 bridgehead atoms. The van der Waals surface area contributed by atoms with Crippen LogP contribution >= 0.6 is 11.6 Å². The third-order valence-electron chi connectivity index (χ3n) is 6.69. The zero-order valence-corrected chi connectivity index (χ0v) is 21.5. The highest BCUT2D eigenvalue weighted by Crippen LogP contribution is 2.41. The summed E-state index contributed by atoms with van der Waals surface area (Å²) in [6.45, 7) is 1.81. The summed E-state index contributed by atoms with van der Waals surface area (Å²) in [4.78, 5) is 35.4. The van der Waals surface area contributed by atoms with Crippen LogP contribution in [-0.2, 0) is 11.3 Å². The molecular weight excluding hydrogens is 523 g/mol. The maximum absolute atomic E-state index is 14.4. The van der Waals surface area contributed by atoms with E-state index in [-0.39, 0.29) is 23.8 Å². The Morgan fingerprint density at radius 3 is 2.54 bits per heavy atom. The number of benzene rings is 2. The number of carbonyl (C=O) groups excluding carboxylic acids is 2. The molecule has 39 heavy (non-hydrogen) atoms. The lowest BCUT2D eigenvalue weighted by Gasteiger charge is -2.30. The molecule has 2 amide bonds. The van der Waals surface area contributed by atoms with Crippen molar-refractivity contribution in [2.45, 2.75) is 31.8 Å². The highest BCUT2D eigenvalue weighted by atomic mass is 35.5. The standard InChI is InChI=1S/C28H22ClFN6O3/c1-17-32-25(34-39-17)23-22(29)19-10-5-6-12-21(19)36(23)35(16-18-8-3-2-4-9-18)27(38)28(13-14-28)33-26(37)20-11-7-15-31-24(20)30/h2-12,15H,13-14,16H2,1H3,(H,33,37). The summed E-state index contributed by atoms with van der Waals surface area (Å²) in [5, 5.41) is 9.42. The maximum atomic E-state index is 14.4. The first-order valence-corrected chi connectivity index (χ1v) is 12.6. The largest absolute Gasteiger partial charge is 0.339 e. The van der Waals surface area contributed by atoms with Gasteiger partial charge in [0.2, 0.25) is 17.7 Å².